The van der Waals surface area contributed by atoms with E-state index in [-0.39, 0.29) is 17.0 Å². The van der Waals surface area contributed by atoms with Gasteiger partial charge in [0.05, 0.1) is 11.1 Å². The molecule has 1 heterocycles. The first-order valence-electron chi connectivity index (χ1n) is 9.40. The maximum Gasteiger partial charge on any atom is 0.329 e. The second-order valence-electron chi connectivity index (χ2n) is 6.71. The third kappa shape index (κ3) is 4.12. The lowest BCUT2D eigenvalue weighted by Crippen LogP contribution is -2.44. The lowest BCUT2D eigenvalue weighted by Gasteiger charge is -2.20. The Hall–Kier alpha value is -3.81. The molecule has 154 valence electrons. The smallest absolute Gasteiger partial charge is 0.329 e. The highest BCUT2D eigenvalue weighted by molar-refractivity contribution is 6.22. The van der Waals surface area contributed by atoms with Crippen LogP contribution in [0.4, 0.5) is 5.69 Å². The van der Waals surface area contributed by atoms with Crippen LogP contribution in [0.15, 0.2) is 48.5 Å². The second kappa shape index (κ2) is 8.69. The number of carbonyl (C=O) groups excluding carboxylic acids is 5. The van der Waals surface area contributed by atoms with E-state index in [1.165, 1.54) is 31.2 Å². The highest BCUT2D eigenvalue weighted by Crippen LogP contribution is 2.24. The van der Waals surface area contributed by atoms with E-state index in [2.05, 4.69) is 5.32 Å². The van der Waals surface area contributed by atoms with Crippen molar-refractivity contribution in [2.45, 2.75) is 26.3 Å². The molecule has 8 nitrogen and oxygen atoms in total. The van der Waals surface area contributed by atoms with E-state index >= 15 is 0 Å². The third-order valence-corrected chi connectivity index (χ3v) is 4.71. The quantitative estimate of drug-likeness (QED) is 0.428. The summed E-state index contributed by atoms with van der Waals surface area (Å²) in [6, 6.07) is 11.3. The molecular formula is C22H20N2O6. The number of amides is 3. The van der Waals surface area contributed by atoms with Crippen LogP contribution in [-0.2, 0) is 14.3 Å². The number of rotatable bonds is 7. The van der Waals surface area contributed by atoms with E-state index in [4.69, 9.17) is 4.74 Å². The highest BCUT2D eigenvalue weighted by Gasteiger charge is 2.41. The molecule has 8 heteroatoms. The monoisotopic (exact) mass is 408 g/mol. The number of ketones is 1. The Morgan fingerprint density at radius 1 is 0.967 bits per heavy atom. The number of imide groups is 1. The van der Waals surface area contributed by atoms with Crippen LogP contribution >= 0.6 is 0 Å². The molecule has 30 heavy (non-hydrogen) atoms. The van der Waals surface area contributed by atoms with Crippen molar-refractivity contribution < 1.29 is 28.7 Å². The lowest BCUT2D eigenvalue weighted by molar-refractivity contribution is -0.146. The predicted octanol–water partition coefficient (Wildman–Crippen LogP) is 2.45. The molecule has 3 amide bonds. The molecule has 1 aliphatic heterocycles. The fraction of sp³-hybridized carbons (Fsp3) is 0.227. The SMILES string of the molecule is CCC(=O)Nc1ccc(C(=O)COC(=O)[C@@H](C)N2C(=O)c3ccccc3C2=O)cc1. The van der Waals surface area contributed by atoms with Crippen molar-refractivity contribution in [3.05, 3.63) is 65.2 Å². The van der Waals surface area contributed by atoms with E-state index in [9.17, 15) is 24.0 Å². The second-order valence-corrected chi connectivity index (χ2v) is 6.71. The molecule has 1 aliphatic rings. The highest BCUT2D eigenvalue weighted by atomic mass is 16.5. The standard InChI is InChI=1S/C22H20N2O6/c1-3-19(26)23-15-10-8-14(9-11-15)18(25)12-30-22(29)13(2)24-20(27)16-6-4-5-7-17(16)21(24)28/h4-11,13H,3,12H2,1-2H3,(H,23,26)/t13-/m1/s1. The van der Waals surface area contributed by atoms with E-state index < -0.39 is 36.2 Å². The number of carbonyl (C=O) groups is 5. The molecule has 0 spiro atoms. The number of nitrogens with zero attached hydrogens (tertiary/aromatic N) is 1. The summed E-state index contributed by atoms with van der Waals surface area (Å²) in [5, 5.41) is 2.67. The van der Waals surface area contributed by atoms with E-state index in [1.807, 2.05) is 0 Å². The Morgan fingerprint density at radius 2 is 1.53 bits per heavy atom. The van der Waals surface area contributed by atoms with Gasteiger partial charge in [-0.2, -0.15) is 0 Å². The topological polar surface area (TPSA) is 110 Å². The molecule has 3 rings (SSSR count). The lowest BCUT2D eigenvalue weighted by atomic mass is 10.1. The van der Waals surface area contributed by atoms with Crippen LogP contribution in [-0.4, -0.2) is 47.0 Å². The predicted molar refractivity (Wildman–Crippen MR) is 107 cm³/mol. The van der Waals surface area contributed by atoms with Gasteiger partial charge in [0, 0.05) is 17.7 Å². The van der Waals surface area contributed by atoms with Crippen molar-refractivity contribution >= 4 is 35.2 Å². The van der Waals surface area contributed by atoms with Gasteiger partial charge >= 0.3 is 5.97 Å². The van der Waals surface area contributed by atoms with E-state index in [1.54, 1.807) is 31.2 Å². The van der Waals surface area contributed by atoms with Gasteiger partial charge in [0.15, 0.2) is 12.4 Å². The first-order valence-corrected chi connectivity index (χ1v) is 9.40. The molecule has 0 saturated carbocycles. The summed E-state index contributed by atoms with van der Waals surface area (Å²) in [6.07, 6.45) is 0.335. The fourth-order valence-electron chi connectivity index (χ4n) is 2.99. The summed E-state index contributed by atoms with van der Waals surface area (Å²) in [5.74, 6) is -2.60. The molecule has 0 unspecified atom stereocenters. The number of fused-ring (bicyclic) bond motifs is 1. The molecule has 1 N–H and O–H groups in total. The summed E-state index contributed by atoms with van der Waals surface area (Å²) in [4.78, 5) is 61.7. The van der Waals surface area contributed by atoms with Crippen LogP contribution in [0.3, 0.4) is 0 Å². The van der Waals surface area contributed by atoms with Gasteiger partial charge in [0.2, 0.25) is 5.91 Å². The van der Waals surface area contributed by atoms with Crippen molar-refractivity contribution in [2.24, 2.45) is 0 Å². The number of ether oxygens (including phenoxy) is 1. The maximum atomic E-state index is 12.4. The summed E-state index contributed by atoms with van der Waals surface area (Å²) in [6.45, 7) is 2.57. The third-order valence-electron chi connectivity index (χ3n) is 4.71. The van der Waals surface area contributed by atoms with Crippen LogP contribution < -0.4 is 5.32 Å². The number of nitrogens with one attached hydrogen (secondary N) is 1. The molecule has 2 aromatic carbocycles. The number of Topliss-reactive ketones (excluding diaryl/α,β-unsaturated/α-hetero) is 1. The molecule has 0 aromatic heterocycles. The van der Waals surface area contributed by atoms with Crippen molar-refractivity contribution in [2.75, 3.05) is 11.9 Å². The Bertz CT molecular complexity index is 993. The zero-order valence-electron chi connectivity index (χ0n) is 16.5. The zero-order valence-corrected chi connectivity index (χ0v) is 16.5. The minimum Gasteiger partial charge on any atom is -0.456 e. The van der Waals surface area contributed by atoms with Crippen LogP contribution in [0.25, 0.3) is 0 Å². The van der Waals surface area contributed by atoms with Gasteiger partial charge in [-0.1, -0.05) is 19.1 Å². The summed E-state index contributed by atoms with van der Waals surface area (Å²) >= 11 is 0. The number of benzene rings is 2. The van der Waals surface area contributed by atoms with Crippen LogP contribution in [0.1, 0.15) is 51.3 Å². The van der Waals surface area contributed by atoms with Crippen molar-refractivity contribution in [1.82, 2.24) is 4.90 Å². The van der Waals surface area contributed by atoms with Gasteiger partial charge in [-0.25, -0.2) is 4.79 Å². The maximum absolute atomic E-state index is 12.4. The number of anilines is 1. The molecule has 1 atom stereocenters. The summed E-state index contributed by atoms with van der Waals surface area (Å²) in [5.41, 5.74) is 1.31. The average Bonchev–Trinajstić information content (AvgIpc) is 3.02. The number of hydrogen-bond donors (Lipinski definition) is 1. The minimum absolute atomic E-state index is 0.148. The number of hydrogen-bond acceptors (Lipinski definition) is 6. The van der Waals surface area contributed by atoms with Crippen LogP contribution in [0.5, 0.6) is 0 Å². The van der Waals surface area contributed by atoms with Gasteiger partial charge in [0.25, 0.3) is 11.8 Å². The molecule has 0 fully saturated rings. The molecule has 0 saturated heterocycles. The first kappa shape index (κ1) is 20.9. The average molecular weight is 408 g/mol. The van der Waals surface area contributed by atoms with Crippen molar-refractivity contribution in [1.29, 1.82) is 0 Å². The molecular weight excluding hydrogens is 388 g/mol. The van der Waals surface area contributed by atoms with E-state index in [0.29, 0.717) is 17.7 Å². The summed E-state index contributed by atoms with van der Waals surface area (Å²) < 4.78 is 5.04. The number of esters is 1. The molecule has 0 aliphatic carbocycles. The Balaban J connectivity index is 1.59. The van der Waals surface area contributed by atoms with Crippen molar-refractivity contribution in [3.8, 4) is 0 Å². The van der Waals surface area contributed by atoms with Crippen LogP contribution in [0, 0.1) is 0 Å². The van der Waals surface area contributed by atoms with Gasteiger partial charge < -0.3 is 10.1 Å². The largest absolute Gasteiger partial charge is 0.456 e. The Labute approximate surface area is 172 Å². The van der Waals surface area contributed by atoms with Gasteiger partial charge in [-0.15, -0.1) is 0 Å². The van der Waals surface area contributed by atoms with Gasteiger partial charge in [-0.05, 0) is 43.3 Å². The van der Waals surface area contributed by atoms with Gasteiger partial charge in [-0.3, -0.25) is 24.1 Å². The fourth-order valence-corrected chi connectivity index (χ4v) is 2.99. The van der Waals surface area contributed by atoms with E-state index in [0.717, 1.165) is 4.90 Å². The molecule has 0 radical (unpaired) electrons. The van der Waals surface area contributed by atoms with Gasteiger partial charge in [0.1, 0.15) is 6.04 Å². The molecule has 2 aromatic rings. The Morgan fingerprint density at radius 3 is 2.07 bits per heavy atom. The summed E-state index contributed by atoms with van der Waals surface area (Å²) in [7, 11) is 0. The first-order chi connectivity index (χ1) is 14.3. The van der Waals surface area contributed by atoms with Crippen LogP contribution in [0.2, 0.25) is 0 Å². The Kier molecular flexibility index (Phi) is 6.06. The minimum atomic E-state index is -1.17. The van der Waals surface area contributed by atoms with Crippen molar-refractivity contribution in [3.63, 3.8) is 0 Å². The zero-order chi connectivity index (χ0) is 21.8. The normalized spacial score (nSPS) is 13.6. The molecule has 0 bridgehead atoms.